The van der Waals surface area contributed by atoms with Crippen LogP contribution in [0.3, 0.4) is 0 Å². The lowest BCUT2D eigenvalue weighted by Gasteiger charge is -2.15. The molecule has 0 aliphatic rings. The van der Waals surface area contributed by atoms with Crippen LogP contribution in [0.4, 0.5) is 0 Å². The average Bonchev–Trinajstić information content (AvgIpc) is 2.49. The smallest absolute Gasteiger partial charge is 0.227 e. The predicted octanol–water partition coefficient (Wildman–Crippen LogP) is 2.88. The molecular formula is C9H15ClN2OS. The number of hydrogen-bond donors (Lipinski definition) is 0. The number of halogens is 1. The summed E-state index contributed by atoms with van der Waals surface area (Å²) in [6, 6.07) is 0. The van der Waals surface area contributed by atoms with Gasteiger partial charge in [0.15, 0.2) is 5.82 Å². The van der Waals surface area contributed by atoms with Gasteiger partial charge in [-0.3, -0.25) is 0 Å². The number of hydrogen-bond acceptors (Lipinski definition) is 4. The van der Waals surface area contributed by atoms with Gasteiger partial charge >= 0.3 is 0 Å². The van der Waals surface area contributed by atoms with Crippen LogP contribution >= 0.6 is 23.4 Å². The molecule has 0 fully saturated rings. The van der Waals surface area contributed by atoms with Crippen molar-refractivity contribution in [2.45, 2.75) is 37.7 Å². The van der Waals surface area contributed by atoms with Crippen molar-refractivity contribution in [1.29, 1.82) is 0 Å². The van der Waals surface area contributed by atoms with Gasteiger partial charge in [-0.2, -0.15) is 4.98 Å². The summed E-state index contributed by atoms with van der Waals surface area (Å²) in [6.07, 6.45) is 0.648. The van der Waals surface area contributed by atoms with E-state index < -0.39 is 0 Å². The molecule has 0 aliphatic carbocycles. The molecule has 0 radical (unpaired) electrons. The quantitative estimate of drug-likeness (QED) is 0.751. The Morgan fingerprint density at radius 2 is 2.14 bits per heavy atom. The fourth-order valence-electron chi connectivity index (χ4n) is 0.812. The minimum atomic E-state index is 0.229. The van der Waals surface area contributed by atoms with Crippen molar-refractivity contribution in [3.05, 3.63) is 11.7 Å². The molecule has 0 unspecified atom stereocenters. The molecule has 80 valence electrons. The largest absolute Gasteiger partial charge is 0.339 e. The zero-order chi connectivity index (χ0) is 10.6. The molecule has 0 spiro atoms. The summed E-state index contributed by atoms with van der Waals surface area (Å²) in [6.45, 7) is 6.49. The van der Waals surface area contributed by atoms with E-state index in [-0.39, 0.29) is 4.75 Å². The van der Waals surface area contributed by atoms with Crippen LogP contribution in [-0.2, 0) is 12.2 Å². The zero-order valence-electron chi connectivity index (χ0n) is 8.71. The SMILES string of the molecule is CC(C)(C)SCc1noc(CCCl)n1. The molecule has 0 saturated heterocycles. The van der Waals surface area contributed by atoms with E-state index in [4.69, 9.17) is 16.1 Å². The van der Waals surface area contributed by atoms with Crippen molar-refractivity contribution >= 4 is 23.4 Å². The van der Waals surface area contributed by atoms with Crippen molar-refractivity contribution in [3.63, 3.8) is 0 Å². The molecule has 0 aliphatic heterocycles. The molecule has 5 heteroatoms. The summed E-state index contributed by atoms with van der Waals surface area (Å²) < 4.78 is 5.24. The number of aryl methyl sites for hydroxylation is 1. The van der Waals surface area contributed by atoms with Gasteiger partial charge in [0.1, 0.15) is 0 Å². The summed E-state index contributed by atoms with van der Waals surface area (Å²) in [4.78, 5) is 4.22. The molecule has 1 rings (SSSR count). The minimum Gasteiger partial charge on any atom is -0.339 e. The molecule has 0 N–H and O–H groups in total. The maximum atomic E-state index is 5.56. The molecule has 1 aromatic heterocycles. The molecular weight excluding hydrogens is 220 g/mol. The first-order valence-corrected chi connectivity index (χ1v) is 6.04. The third kappa shape index (κ3) is 4.33. The van der Waals surface area contributed by atoms with E-state index >= 15 is 0 Å². The Labute approximate surface area is 93.6 Å². The lowest BCUT2D eigenvalue weighted by Crippen LogP contribution is -2.07. The second-order valence-corrected chi connectivity index (χ2v) is 6.12. The molecule has 0 bridgehead atoms. The first-order valence-electron chi connectivity index (χ1n) is 4.52. The van der Waals surface area contributed by atoms with Crippen LogP contribution in [0.1, 0.15) is 32.5 Å². The number of rotatable bonds is 4. The van der Waals surface area contributed by atoms with E-state index in [0.717, 1.165) is 11.6 Å². The molecule has 14 heavy (non-hydrogen) atoms. The van der Waals surface area contributed by atoms with Gasteiger partial charge in [0.2, 0.25) is 5.89 Å². The normalized spacial score (nSPS) is 12.0. The number of nitrogens with zero attached hydrogens (tertiary/aromatic N) is 2. The van der Waals surface area contributed by atoms with Crippen molar-refractivity contribution in [2.75, 3.05) is 5.88 Å². The summed E-state index contributed by atoms with van der Waals surface area (Å²) >= 11 is 7.36. The molecule has 1 aromatic rings. The van der Waals surface area contributed by atoms with Gasteiger partial charge in [0.05, 0.1) is 5.75 Å². The lowest BCUT2D eigenvalue weighted by molar-refractivity contribution is 0.378. The first-order chi connectivity index (χ1) is 6.51. The van der Waals surface area contributed by atoms with E-state index in [9.17, 15) is 0 Å². The van der Waals surface area contributed by atoms with Gasteiger partial charge in [0, 0.05) is 17.0 Å². The molecule has 0 saturated carbocycles. The summed E-state index contributed by atoms with van der Waals surface area (Å²) in [5, 5.41) is 3.87. The van der Waals surface area contributed by atoms with Crippen LogP contribution in [0.5, 0.6) is 0 Å². The Morgan fingerprint density at radius 1 is 1.43 bits per heavy atom. The third-order valence-corrected chi connectivity index (χ3v) is 2.91. The standard InChI is InChI=1S/C9H15ClN2OS/c1-9(2,3)14-6-7-11-8(4-5-10)13-12-7/h4-6H2,1-3H3. The van der Waals surface area contributed by atoms with Crippen LogP contribution in [0.15, 0.2) is 4.52 Å². The molecule has 0 atom stereocenters. The van der Waals surface area contributed by atoms with Gasteiger partial charge in [-0.25, -0.2) is 0 Å². The Balaban J connectivity index is 2.44. The van der Waals surface area contributed by atoms with Gasteiger partial charge in [-0.1, -0.05) is 25.9 Å². The minimum absolute atomic E-state index is 0.229. The number of thioether (sulfide) groups is 1. The number of alkyl halides is 1. The van der Waals surface area contributed by atoms with E-state index in [1.165, 1.54) is 0 Å². The lowest BCUT2D eigenvalue weighted by atomic mass is 10.3. The van der Waals surface area contributed by atoms with Crippen LogP contribution in [0.2, 0.25) is 0 Å². The zero-order valence-corrected chi connectivity index (χ0v) is 10.3. The Kier molecular flexibility index (Phi) is 4.26. The highest BCUT2D eigenvalue weighted by atomic mass is 35.5. The second-order valence-electron chi connectivity index (χ2n) is 3.94. The second kappa shape index (κ2) is 5.03. The first kappa shape index (κ1) is 11.9. The number of aromatic nitrogens is 2. The van der Waals surface area contributed by atoms with E-state index in [1.54, 1.807) is 11.8 Å². The topological polar surface area (TPSA) is 38.9 Å². The third-order valence-electron chi connectivity index (χ3n) is 1.45. The summed E-state index contributed by atoms with van der Waals surface area (Å²) in [5.41, 5.74) is 0. The maximum Gasteiger partial charge on any atom is 0.227 e. The Bertz CT molecular complexity index is 283. The molecule has 3 nitrogen and oxygen atoms in total. The highest BCUT2D eigenvalue weighted by Gasteiger charge is 2.13. The molecule has 0 aromatic carbocycles. The van der Waals surface area contributed by atoms with Gasteiger partial charge in [-0.05, 0) is 0 Å². The van der Waals surface area contributed by atoms with Crippen LogP contribution < -0.4 is 0 Å². The van der Waals surface area contributed by atoms with Crippen LogP contribution in [0.25, 0.3) is 0 Å². The molecule has 0 amide bonds. The summed E-state index contributed by atoms with van der Waals surface area (Å²) in [7, 11) is 0. The Morgan fingerprint density at radius 3 is 2.71 bits per heavy atom. The summed E-state index contributed by atoms with van der Waals surface area (Å²) in [5.74, 6) is 2.69. The van der Waals surface area contributed by atoms with Crippen LogP contribution in [-0.4, -0.2) is 20.8 Å². The fraction of sp³-hybridized carbons (Fsp3) is 0.778. The van der Waals surface area contributed by atoms with E-state index in [0.29, 0.717) is 18.2 Å². The van der Waals surface area contributed by atoms with Crippen molar-refractivity contribution in [2.24, 2.45) is 0 Å². The van der Waals surface area contributed by atoms with E-state index in [1.807, 2.05) is 0 Å². The van der Waals surface area contributed by atoms with Crippen molar-refractivity contribution < 1.29 is 4.52 Å². The van der Waals surface area contributed by atoms with Gasteiger partial charge < -0.3 is 4.52 Å². The highest BCUT2D eigenvalue weighted by molar-refractivity contribution is 7.99. The maximum absolute atomic E-state index is 5.56. The van der Waals surface area contributed by atoms with Gasteiger partial charge in [0.25, 0.3) is 0 Å². The predicted molar refractivity (Wildman–Crippen MR) is 59.8 cm³/mol. The average molecular weight is 235 g/mol. The van der Waals surface area contributed by atoms with Gasteiger partial charge in [-0.15, -0.1) is 23.4 Å². The van der Waals surface area contributed by atoms with E-state index in [2.05, 4.69) is 30.9 Å². The van der Waals surface area contributed by atoms with Crippen molar-refractivity contribution in [3.8, 4) is 0 Å². The fourth-order valence-corrected chi connectivity index (χ4v) is 1.65. The highest BCUT2D eigenvalue weighted by Crippen LogP contribution is 2.25. The molecule has 1 heterocycles. The van der Waals surface area contributed by atoms with Crippen LogP contribution in [0, 0.1) is 0 Å². The monoisotopic (exact) mass is 234 g/mol. The Hall–Kier alpha value is -0.220. The van der Waals surface area contributed by atoms with Crippen molar-refractivity contribution in [1.82, 2.24) is 10.1 Å².